The van der Waals surface area contributed by atoms with E-state index in [1.807, 2.05) is 0 Å². The molecule has 7 heteroatoms. The second-order valence-corrected chi connectivity index (χ2v) is 2.80. The van der Waals surface area contributed by atoms with Gasteiger partial charge in [0.05, 0.1) is 12.8 Å². The number of nitrogens with two attached hydrogens (primary N) is 1. The quantitative estimate of drug-likeness (QED) is 0.354. The van der Waals surface area contributed by atoms with Crippen molar-refractivity contribution in [1.82, 2.24) is 5.43 Å². The molecule has 88 valence electrons. The van der Waals surface area contributed by atoms with Crippen molar-refractivity contribution in [3.05, 3.63) is 24.3 Å². The van der Waals surface area contributed by atoms with E-state index in [-0.39, 0.29) is 5.69 Å². The number of alkyl halides is 3. The van der Waals surface area contributed by atoms with Gasteiger partial charge in [-0.25, -0.2) is 10.8 Å². The summed E-state index contributed by atoms with van der Waals surface area (Å²) in [5.41, 5.74) is 1.61. The minimum absolute atomic E-state index is 0.102. The van der Waals surface area contributed by atoms with E-state index in [1.165, 1.54) is 30.7 Å². The lowest BCUT2D eigenvalue weighted by molar-refractivity contribution is -0.0617. The average molecular weight is 233 g/mol. The van der Waals surface area contributed by atoms with Crippen molar-refractivity contribution < 1.29 is 17.9 Å². The van der Waals surface area contributed by atoms with Crippen molar-refractivity contribution in [1.29, 1.82) is 0 Å². The molecule has 1 aromatic carbocycles. The molecule has 1 rings (SSSR count). The molecule has 0 fully saturated rings. The maximum atomic E-state index is 12.3. The predicted octanol–water partition coefficient (Wildman–Crippen LogP) is 1.75. The Morgan fingerprint density at radius 1 is 1.44 bits per heavy atom. The van der Waals surface area contributed by atoms with Gasteiger partial charge in [-0.2, -0.15) is 13.2 Å². The number of hydrazine groups is 1. The Hall–Kier alpha value is -1.76. The number of hydrogen-bond donors (Lipinski definition) is 2. The summed E-state index contributed by atoms with van der Waals surface area (Å²) in [6.45, 7) is 0. The molecule has 0 spiro atoms. The first kappa shape index (κ1) is 12.3. The number of benzene rings is 1. The average Bonchev–Trinajstić information content (AvgIpc) is 2.24. The molecule has 0 bridgehead atoms. The molecule has 0 aliphatic carbocycles. The van der Waals surface area contributed by atoms with E-state index in [9.17, 15) is 13.2 Å². The van der Waals surface area contributed by atoms with Crippen molar-refractivity contribution in [2.45, 2.75) is 6.18 Å². The third kappa shape index (κ3) is 3.13. The zero-order valence-corrected chi connectivity index (χ0v) is 8.38. The van der Waals surface area contributed by atoms with Crippen LogP contribution in [0.1, 0.15) is 0 Å². The summed E-state index contributed by atoms with van der Waals surface area (Å²) in [6, 6.07) is 5.90. The molecule has 16 heavy (non-hydrogen) atoms. The van der Waals surface area contributed by atoms with Crippen LogP contribution in [0.15, 0.2) is 29.3 Å². The molecule has 0 radical (unpaired) electrons. The van der Waals surface area contributed by atoms with Crippen molar-refractivity contribution in [3.63, 3.8) is 0 Å². The number of nitrogens with zero attached hydrogens (tertiary/aromatic N) is 1. The first-order valence-electron chi connectivity index (χ1n) is 4.24. The topological polar surface area (TPSA) is 59.6 Å². The van der Waals surface area contributed by atoms with Crippen LogP contribution in [0.2, 0.25) is 0 Å². The predicted molar refractivity (Wildman–Crippen MR) is 53.5 cm³/mol. The highest BCUT2D eigenvalue weighted by Crippen LogP contribution is 2.23. The van der Waals surface area contributed by atoms with Gasteiger partial charge in [-0.15, -0.1) is 0 Å². The summed E-state index contributed by atoms with van der Waals surface area (Å²) >= 11 is 0. The monoisotopic (exact) mass is 233 g/mol. The smallest absolute Gasteiger partial charge is 0.450 e. The third-order valence-electron chi connectivity index (χ3n) is 1.70. The highest BCUT2D eigenvalue weighted by atomic mass is 19.4. The van der Waals surface area contributed by atoms with Crippen LogP contribution in [0, 0.1) is 0 Å². The van der Waals surface area contributed by atoms with E-state index in [4.69, 9.17) is 10.6 Å². The Morgan fingerprint density at radius 3 is 2.62 bits per heavy atom. The fraction of sp³-hybridized carbons (Fsp3) is 0.222. The van der Waals surface area contributed by atoms with Crippen LogP contribution in [0.3, 0.4) is 0 Å². The third-order valence-corrected chi connectivity index (χ3v) is 1.70. The maximum Gasteiger partial charge on any atom is 0.450 e. The van der Waals surface area contributed by atoms with Crippen LogP contribution in [0.25, 0.3) is 0 Å². The Kier molecular flexibility index (Phi) is 3.73. The molecular weight excluding hydrogens is 223 g/mol. The molecule has 3 N–H and O–H groups in total. The molecule has 4 nitrogen and oxygen atoms in total. The van der Waals surface area contributed by atoms with Gasteiger partial charge in [0.15, 0.2) is 0 Å². The minimum Gasteiger partial charge on any atom is -0.497 e. The van der Waals surface area contributed by atoms with Gasteiger partial charge in [0, 0.05) is 6.07 Å². The first-order valence-corrected chi connectivity index (χ1v) is 4.24. The highest BCUT2D eigenvalue weighted by molar-refractivity contribution is 5.89. The van der Waals surface area contributed by atoms with Crippen LogP contribution in [-0.4, -0.2) is 19.1 Å². The summed E-state index contributed by atoms with van der Waals surface area (Å²) in [5, 5.41) is 0. The van der Waals surface area contributed by atoms with Crippen molar-refractivity contribution in [2.75, 3.05) is 7.11 Å². The Bertz CT molecular complexity index is 390. The minimum atomic E-state index is -4.61. The largest absolute Gasteiger partial charge is 0.497 e. The van der Waals surface area contributed by atoms with E-state index in [2.05, 4.69) is 4.99 Å². The van der Waals surface area contributed by atoms with E-state index in [0.717, 1.165) is 0 Å². The van der Waals surface area contributed by atoms with Gasteiger partial charge in [-0.3, -0.25) is 0 Å². The van der Waals surface area contributed by atoms with Gasteiger partial charge >= 0.3 is 6.18 Å². The number of aliphatic imine (C=N–C) groups is 1. The van der Waals surface area contributed by atoms with Crippen molar-refractivity contribution >= 4 is 11.5 Å². The summed E-state index contributed by atoms with van der Waals surface area (Å²) in [4.78, 5) is 3.33. The summed E-state index contributed by atoms with van der Waals surface area (Å²) < 4.78 is 41.7. The summed E-state index contributed by atoms with van der Waals surface area (Å²) in [6.07, 6.45) is -4.61. The normalized spacial score (nSPS) is 12.4. The molecule has 0 heterocycles. The van der Waals surface area contributed by atoms with Gasteiger partial charge in [0.1, 0.15) is 5.75 Å². The number of nitrogens with one attached hydrogen (secondary N) is 1. The molecule has 0 atom stereocenters. The molecule has 0 saturated carbocycles. The van der Waals surface area contributed by atoms with E-state index in [1.54, 1.807) is 6.07 Å². The molecule has 0 saturated heterocycles. The molecule has 0 aliphatic heterocycles. The van der Waals surface area contributed by atoms with Crippen LogP contribution in [0.4, 0.5) is 18.9 Å². The lowest BCUT2D eigenvalue weighted by Gasteiger charge is -2.09. The molecule has 0 unspecified atom stereocenters. The Balaban J connectivity index is 3.04. The number of ether oxygens (including phenoxy) is 1. The van der Waals surface area contributed by atoms with Crippen molar-refractivity contribution in [3.8, 4) is 5.75 Å². The second-order valence-electron chi connectivity index (χ2n) is 2.80. The van der Waals surface area contributed by atoms with Crippen LogP contribution >= 0.6 is 0 Å². The van der Waals surface area contributed by atoms with Gasteiger partial charge in [0.25, 0.3) is 0 Å². The highest BCUT2D eigenvalue weighted by Gasteiger charge is 2.35. The molecular formula is C9H10F3N3O. The summed E-state index contributed by atoms with van der Waals surface area (Å²) in [5.74, 6) is 3.90. The zero-order valence-electron chi connectivity index (χ0n) is 8.38. The molecule has 0 amide bonds. The Morgan fingerprint density at radius 2 is 2.12 bits per heavy atom. The number of rotatable bonds is 2. The van der Waals surface area contributed by atoms with E-state index >= 15 is 0 Å². The van der Waals surface area contributed by atoms with Crippen molar-refractivity contribution in [2.24, 2.45) is 10.8 Å². The SMILES string of the molecule is COc1cccc(N=C(NN)C(F)(F)F)c1. The fourth-order valence-electron chi connectivity index (χ4n) is 0.987. The lowest BCUT2D eigenvalue weighted by Crippen LogP contribution is -2.41. The zero-order chi connectivity index (χ0) is 12.2. The number of halogens is 3. The van der Waals surface area contributed by atoms with Gasteiger partial charge in [-0.05, 0) is 12.1 Å². The second kappa shape index (κ2) is 4.84. The molecule has 0 aromatic heterocycles. The molecule has 0 aliphatic rings. The lowest BCUT2D eigenvalue weighted by atomic mass is 10.3. The number of methoxy groups -OCH3 is 1. The van der Waals surface area contributed by atoms with Crippen LogP contribution in [0.5, 0.6) is 5.75 Å². The van der Waals surface area contributed by atoms with Gasteiger partial charge < -0.3 is 10.2 Å². The fourth-order valence-corrected chi connectivity index (χ4v) is 0.987. The summed E-state index contributed by atoms with van der Waals surface area (Å²) in [7, 11) is 1.41. The van der Waals surface area contributed by atoms with E-state index in [0.29, 0.717) is 5.75 Å². The van der Waals surface area contributed by atoms with Crippen LogP contribution < -0.4 is 16.0 Å². The first-order chi connectivity index (χ1) is 7.47. The molecule has 1 aromatic rings. The van der Waals surface area contributed by atoms with E-state index < -0.39 is 12.0 Å². The standard InChI is InChI=1S/C9H10F3N3O/c1-16-7-4-2-3-6(5-7)14-8(15-13)9(10,11)12/h2-5H,13H2,1H3,(H,14,15). The number of hydrogen-bond acceptors (Lipinski definition) is 3. The number of amidine groups is 1. The van der Waals surface area contributed by atoms with Gasteiger partial charge in [0.2, 0.25) is 5.84 Å². The maximum absolute atomic E-state index is 12.3. The van der Waals surface area contributed by atoms with Crippen LogP contribution in [-0.2, 0) is 0 Å². The van der Waals surface area contributed by atoms with Gasteiger partial charge in [-0.1, -0.05) is 6.07 Å². The Labute approximate surface area is 89.9 Å².